The van der Waals surface area contributed by atoms with Crippen molar-refractivity contribution in [3.8, 4) is 0 Å². The highest BCUT2D eigenvalue weighted by atomic mass is 16.6. The predicted octanol–water partition coefficient (Wildman–Crippen LogP) is 2.47. The van der Waals surface area contributed by atoms with Gasteiger partial charge in [-0.15, -0.1) is 0 Å². The van der Waals surface area contributed by atoms with Crippen molar-refractivity contribution >= 4 is 11.9 Å². The molecule has 0 amide bonds. The third-order valence-electron chi connectivity index (χ3n) is 5.99. The number of esters is 1. The van der Waals surface area contributed by atoms with E-state index < -0.39 is 11.6 Å². The highest BCUT2D eigenvalue weighted by Gasteiger charge is 2.68. The lowest BCUT2D eigenvalue weighted by Gasteiger charge is -2.43. The number of hydrogen-bond acceptors (Lipinski definition) is 3. The van der Waals surface area contributed by atoms with Crippen LogP contribution in [0, 0.1) is 29.1 Å². The van der Waals surface area contributed by atoms with Gasteiger partial charge in [-0.3, -0.25) is 9.59 Å². The maximum absolute atomic E-state index is 11.8. The molecule has 5 atom stereocenters. The highest BCUT2D eigenvalue weighted by molar-refractivity contribution is 5.74. The maximum Gasteiger partial charge on any atom is 0.307 e. The number of fused-ring (bicyclic) bond motifs is 2. The number of carboxylic acid groups (broad SMARTS) is 1. The summed E-state index contributed by atoms with van der Waals surface area (Å²) in [7, 11) is 0. The first kappa shape index (κ1) is 12.9. The first-order valence-corrected chi connectivity index (χ1v) is 7.22. The zero-order chi connectivity index (χ0) is 14.0. The zero-order valence-electron chi connectivity index (χ0n) is 11.8. The Kier molecular flexibility index (Phi) is 2.55. The van der Waals surface area contributed by atoms with Crippen molar-refractivity contribution in [2.45, 2.75) is 52.1 Å². The number of hydrogen-bond donors (Lipinski definition) is 1. The number of aliphatic carboxylic acids is 1. The molecular weight excluding hydrogens is 244 g/mol. The molecule has 0 aromatic heterocycles. The van der Waals surface area contributed by atoms with Gasteiger partial charge >= 0.3 is 11.9 Å². The van der Waals surface area contributed by atoms with Crippen molar-refractivity contribution in [2.24, 2.45) is 29.1 Å². The molecule has 106 valence electrons. The highest BCUT2D eigenvalue weighted by Crippen LogP contribution is 2.68. The van der Waals surface area contributed by atoms with E-state index in [0.29, 0.717) is 18.8 Å². The van der Waals surface area contributed by atoms with Crippen molar-refractivity contribution in [2.75, 3.05) is 0 Å². The monoisotopic (exact) mass is 266 g/mol. The van der Waals surface area contributed by atoms with Gasteiger partial charge in [0.05, 0.1) is 5.92 Å². The van der Waals surface area contributed by atoms with E-state index in [1.807, 2.05) is 6.92 Å². The predicted molar refractivity (Wildman–Crippen MR) is 68.3 cm³/mol. The topological polar surface area (TPSA) is 63.6 Å². The molecule has 1 heterocycles. The van der Waals surface area contributed by atoms with Crippen LogP contribution in [0.25, 0.3) is 0 Å². The number of rotatable bonds is 1. The van der Waals surface area contributed by atoms with Gasteiger partial charge in [0.15, 0.2) is 0 Å². The third kappa shape index (κ3) is 1.72. The Morgan fingerprint density at radius 1 is 1.26 bits per heavy atom. The third-order valence-corrected chi connectivity index (χ3v) is 5.99. The average Bonchev–Trinajstić information content (AvgIpc) is 2.85. The molecule has 0 spiro atoms. The first-order valence-electron chi connectivity index (χ1n) is 7.22. The lowest BCUT2D eigenvalue weighted by Crippen LogP contribution is -2.49. The normalized spacial score (nSPS) is 47.4. The summed E-state index contributed by atoms with van der Waals surface area (Å²) in [6, 6.07) is 0. The van der Waals surface area contributed by atoms with Crippen molar-refractivity contribution < 1.29 is 19.4 Å². The van der Waals surface area contributed by atoms with Crippen LogP contribution in [0.5, 0.6) is 0 Å². The maximum atomic E-state index is 11.8. The number of carbonyl (C=O) groups excluding carboxylic acids is 1. The molecule has 2 saturated carbocycles. The minimum atomic E-state index is -0.711. The van der Waals surface area contributed by atoms with Crippen LogP contribution in [0.2, 0.25) is 0 Å². The summed E-state index contributed by atoms with van der Waals surface area (Å²) in [5.41, 5.74) is -0.437. The van der Waals surface area contributed by atoms with Crippen LogP contribution < -0.4 is 0 Å². The van der Waals surface area contributed by atoms with E-state index in [9.17, 15) is 14.7 Å². The fraction of sp³-hybridized carbons (Fsp3) is 0.867. The summed E-state index contributed by atoms with van der Waals surface area (Å²) in [5.74, 6) is -0.558. The number of carboxylic acids is 1. The molecule has 4 nitrogen and oxygen atoms in total. The van der Waals surface area contributed by atoms with Crippen LogP contribution in [0.15, 0.2) is 0 Å². The molecule has 1 N–H and O–H groups in total. The van der Waals surface area contributed by atoms with Crippen LogP contribution >= 0.6 is 0 Å². The SMILES string of the molecule is CC1(C)[C@@H]2[C@@H](C(=O)O)[C@@H]3CCC(=O)O[C@@]3(C)CC[C@@H]21. The second kappa shape index (κ2) is 3.74. The smallest absolute Gasteiger partial charge is 0.307 e. The summed E-state index contributed by atoms with van der Waals surface area (Å²) in [6.45, 7) is 6.29. The van der Waals surface area contributed by atoms with E-state index in [0.717, 1.165) is 12.8 Å². The molecule has 3 aliphatic rings. The summed E-state index contributed by atoms with van der Waals surface area (Å²) < 4.78 is 5.57. The van der Waals surface area contributed by atoms with Crippen LogP contribution in [0.4, 0.5) is 0 Å². The number of carbonyl (C=O) groups is 2. The molecule has 0 bridgehead atoms. The molecule has 2 aliphatic carbocycles. The van der Waals surface area contributed by atoms with Crippen LogP contribution in [-0.4, -0.2) is 22.6 Å². The van der Waals surface area contributed by atoms with Crippen molar-refractivity contribution in [3.63, 3.8) is 0 Å². The van der Waals surface area contributed by atoms with E-state index in [-0.39, 0.29) is 29.1 Å². The van der Waals surface area contributed by atoms with E-state index in [2.05, 4.69) is 13.8 Å². The van der Waals surface area contributed by atoms with Gasteiger partial charge in [0.2, 0.25) is 0 Å². The largest absolute Gasteiger partial charge is 0.481 e. The lowest BCUT2D eigenvalue weighted by molar-refractivity contribution is -0.183. The molecule has 3 rings (SSSR count). The van der Waals surface area contributed by atoms with Gasteiger partial charge in [-0.05, 0) is 43.4 Å². The van der Waals surface area contributed by atoms with Gasteiger partial charge < -0.3 is 9.84 Å². The Morgan fingerprint density at radius 2 is 1.95 bits per heavy atom. The van der Waals surface area contributed by atoms with E-state index in [4.69, 9.17) is 4.74 Å². The molecule has 0 aromatic carbocycles. The summed E-state index contributed by atoms with van der Waals surface area (Å²) in [6.07, 6.45) is 2.80. The number of ether oxygens (including phenoxy) is 1. The molecule has 0 unspecified atom stereocenters. The Labute approximate surface area is 113 Å². The van der Waals surface area contributed by atoms with E-state index in [1.54, 1.807) is 0 Å². The fourth-order valence-electron chi connectivity index (χ4n) is 4.83. The molecule has 0 aromatic rings. The fourth-order valence-corrected chi connectivity index (χ4v) is 4.83. The molecular formula is C15H22O4. The lowest BCUT2D eigenvalue weighted by atomic mass is 9.71. The van der Waals surface area contributed by atoms with Crippen molar-refractivity contribution in [3.05, 3.63) is 0 Å². The molecule has 19 heavy (non-hydrogen) atoms. The summed E-state index contributed by atoms with van der Waals surface area (Å²) in [4.78, 5) is 23.3. The first-order chi connectivity index (χ1) is 8.77. The Morgan fingerprint density at radius 3 is 2.58 bits per heavy atom. The van der Waals surface area contributed by atoms with E-state index in [1.165, 1.54) is 0 Å². The Hall–Kier alpha value is -1.06. The summed E-state index contributed by atoms with van der Waals surface area (Å²) >= 11 is 0. The second-order valence-electron chi connectivity index (χ2n) is 7.29. The zero-order valence-corrected chi connectivity index (χ0v) is 11.8. The summed E-state index contributed by atoms with van der Waals surface area (Å²) in [5, 5.41) is 9.67. The Bertz CT molecular complexity index is 441. The standard InChI is InChI=1S/C15H22O4/c1-14(2)9-6-7-15(3)8(4-5-10(16)19-15)11(12(9)14)13(17)18/h8-9,11-12H,4-7H2,1-3H3,(H,17,18)/t8-,9-,11-,12-,15-/m0/s1. The van der Waals surface area contributed by atoms with Gasteiger partial charge in [0, 0.05) is 12.3 Å². The van der Waals surface area contributed by atoms with Crippen molar-refractivity contribution in [1.29, 1.82) is 0 Å². The van der Waals surface area contributed by atoms with Gasteiger partial charge in [0.25, 0.3) is 0 Å². The van der Waals surface area contributed by atoms with Crippen LogP contribution in [-0.2, 0) is 14.3 Å². The minimum Gasteiger partial charge on any atom is -0.481 e. The van der Waals surface area contributed by atoms with Crippen molar-refractivity contribution in [1.82, 2.24) is 0 Å². The minimum absolute atomic E-state index is 0.0283. The molecule has 4 heteroatoms. The van der Waals surface area contributed by atoms with Gasteiger partial charge in [0.1, 0.15) is 5.60 Å². The van der Waals surface area contributed by atoms with Gasteiger partial charge in [-0.25, -0.2) is 0 Å². The van der Waals surface area contributed by atoms with Crippen LogP contribution in [0.3, 0.4) is 0 Å². The Balaban J connectivity index is 1.97. The molecule has 1 saturated heterocycles. The molecule has 0 radical (unpaired) electrons. The molecule has 1 aliphatic heterocycles. The van der Waals surface area contributed by atoms with Crippen LogP contribution in [0.1, 0.15) is 46.5 Å². The van der Waals surface area contributed by atoms with E-state index >= 15 is 0 Å². The molecule has 3 fully saturated rings. The average molecular weight is 266 g/mol. The van der Waals surface area contributed by atoms with Gasteiger partial charge in [-0.2, -0.15) is 0 Å². The van der Waals surface area contributed by atoms with Gasteiger partial charge in [-0.1, -0.05) is 13.8 Å². The quantitative estimate of drug-likeness (QED) is 0.740. The second-order valence-corrected chi connectivity index (χ2v) is 7.29.